The number of rotatable bonds is 6. The lowest BCUT2D eigenvalue weighted by atomic mass is 10.1. The zero-order valence-electron chi connectivity index (χ0n) is 10.3. The molecule has 1 heterocycles. The van der Waals surface area contributed by atoms with Crippen LogP contribution in [0.3, 0.4) is 0 Å². The summed E-state index contributed by atoms with van der Waals surface area (Å²) in [6.45, 7) is 0.168. The van der Waals surface area contributed by atoms with Crippen molar-refractivity contribution < 1.29 is 18.3 Å². The number of hydrogen-bond donors (Lipinski definition) is 2. The molecule has 0 saturated heterocycles. The van der Waals surface area contributed by atoms with Gasteiger partial charge >= 0.3 is 6.18 Å². The number of aliphatic hydroxyl groups excluding tert-OH is 1. The zero-order chi connectivity index (χ0) is 14.6. The molecule has 0 aliphatic heterocycles. The van der Waals surface area contributed by atoms with Gasteiger partial charge in [-0.3, -0.25) is 4.90 Å². The Hall–Kier alpha value is -0.150. The van der Waals surface area contributed by atoms with E-state index in [9.17, 15) is 13.2 Å². The number of halogens is 4. The van der Waals surface area contributed by atoms with Crippen molar-refractivity contribution in [2.24, 2.45) is 5.73 Å². The number of thiophene rings is 1. The van der Waals surface area contributed by atoms with E-state index in [1.165, 1.54) is 16.2 Å². The van der Waals surface area contributed by atoms with Crippen LogP contribution in [0.15, 0.2) is 15.9 Å². The lowest BCUT2D eigenvalue weighted by molar-refractivity contribution is -0.152. The van der Waals surface area contributed by atoms with E-state index >= 15 is 0 Å². The van der Waals surface area contributed by atoms with E-state index < -0.39 is 24.8 Å². The SMILES string of the molecule is CC(N)C(c1cc(Br)cs1)N(CCO)CC(F)(F)F. The molecule has 1 rings (SSSR count). The summed E-state index contributed by atoms with van der Waals surface area (Å²) in [6, 6.07) is 0.726. The van der Waals surface area contributed by atoms with Crippen molar-refractivity contribution in [1.29, 1.82) is 0 Å². The minimum absolute atomic E-state index is 0.0682. The van der Waals surface area contributed by atoms with E-state index in [0.29, 0.717) is 0 Å². The van der Waals surface area contributed by atoms with Gasteiger partial charge in [-0.2, -0.15) is 13.2 Å². The Balaban J connectivity index is 2.99. The van der Waals surface area contributed by atoms with Crippen molar-refractivity contribution in [2.45, 2.75) is 25.2 Å². The number of hydrogen-bond acceptors (Lipinski definition) is 4. The van der Waals surface area contributed by atoms with Crippen LogP contribution in [0.1, 0.15) is 17.8 Å². The number of nitrogens with two attached hydrogens (primary N) is 1. The summed E-state index contributed by atoms with van der Waals surface area (Å²) in [7, 11) is 0. The van der Waals surface area contributed by atoms with Crippen LogP contribution < -0.4 is 5.73 Å². The molecular formula is C11H16BrF3N2OS. The van der Waals surface area contributed by atoms with Crippen molar-refractivity contribution in [3.63, 3.8) is 0 Å². The number of aliphatic hydroxyl groups is 1. The van der Waals surface area contributed by atoms with Crippen LogP contribution >= 0.6 is 27.3 Å². The van der Waals surface area contributed by atoms with E-state index in [4.69, 9.17) is 10.8 Å². The maximum absolute atomic E-state index is 12.6. The fourth-order valence-electron chi connectivity index (χ4n) is 1.93. The third kappa shape index (κ3) is 5.39. The highest BCUT2D eigenvalue weighted by molar-refractivity contribution is 9.10. The Labute approximate surface area is 122 Å². The summed E-state index contributed by atoms with van der Waals surface area (Å²) < 4.78 is 38.6. The molecule has 0 aromatic carbocycles. The molecule has 0 aliphatic carbocycles. The summed E-state index contributed by atoms with van der Waals surface area (Å²) in [6.07, 6.45) is -4.32. The molecule has 3 N–H and O–H groups in total. The van der Waals surface area contributed by atoms with Crippen molar-refractivity contribution in [3.05, 3.63) is 20.8 Å². The predicted octanol–water partition coefficient (Wildman–Crippen LogP) is 2.76. The molecule has 0 amide bonds. The first-order valence-corrected chi connectivity index (χ1v) is 7.33. The summed E-state index contributed by atoms with van der Waals surface area (Å²) in [5, 5.41) is 10.8. The molecular weight excluding hydrogens is 345 g/mol. The van der Waals surface area contributed by atoms with Gasteiger partial charge in [0.1, 0.15) is 0 Å². The van der Waals surface area contributed by atoms with Crippen LogP contribution in [0, 0.1) is 0 Å². The summed E-state index contributed by atoms with van der Waals surface area (Å²) in [4.78, 5) is 1.92. The summed E-state index contributed by atoms with van der Waals surface area (Å²) in [5.41, 5.74) is 5.83. The van der Waals surface area contributed by atoms with Gasteiger partial charge in [0.15, 0.2) is 0 Å². The molecule has 3 nitrogen and oxygen atoms in total. The lowest BCUT2D eigenvalue weighted by Crippen LogP contribution is -2.45. The summed E-state index contributed by atoms with van der Waals surface area (Å²) in [5.74, 6) is 0. The molecule has 19 heavy (non-hydrogen) atoms. The van der Waals surface area contributed by atoms with E-state index in [1.54, 1.807) is 18.4 Å². The first kappa shape index (κ1) is 16.9. The van der Waals surface area contributed by atoms with Gasteiger partial charge in [-0.25, -0.2) is 0 Å². The highest BCUT2D eigenvalue weighted by Gasteiger charge is 2.35. The standard InChI is InChI=1S/C11H16BrF3N2OS/c1-7(16)10(9-4-8(12)5-19-9)17(2-3-18)6-11(13,14)15/h4-5,7,10,18H,2-3,6,16H2,1H3. The third-order valence-electron chi connectivity index (χ3n) is 2.54. The molecule has 0 spiro atoms. The van der Waals surface area contributed by atoms with E-state index in [1.807, 2.05) is 0 Å². The second kappa shape index (κ2) is 7.03. The highest BCUT2D eigenvalue weighted by atomic mass is 79.9. The monoisotopic (exact) mass is 360 g/mol. The molecule has 0 radical (unpaired) electrons. The van der Waals surface area contributed by atoms with Crippen LogP contribution in [-0.4, -0.2) is 41.9 Å². The maximum Gasteiger partial charge on any atom is 0.401 e. The minimum Gasteiger partial charge on any atom is -0.395 e. The second-order valence-corrected chi connectivity index (χ2v) is 6.14. The zero-order valence-corrected chi connectivity index (χ0v) is 12.7. The van der Waals surface area contributed by atoms with Crippen LogP contribution in [0.5, 0.6) is 0 Å². The Bertz CT molecular complexity index is 398. The number of alkyl halides is 3. The quantitative estimate of drug-likeness (QED) is 0.819. The Morgan fingerprint density at radius 2 is 2.16 bits per heavy atom. The smallest absolute Gasteiger partial charge is 0.395 e. The van der Waals surface area contributed by atoms with Gasteiger partial charge < -0.3 is 10.8 Å². The fourth-order valence-corrected chi connectivity index (χ4v) is 3.62. The minimum atomic E-state index is -4.32. The Morgan fingerprint density at radius 1 is 1.53 bits per heavy atom. The number of nitrogens with zero attached hydrogens (tertiary/aromatic N) is 1. The lowest BCUT2D eigenvalue weighted by Gasteiger charge is -2.33. The van der Waals surface area contributed by atoms with Gasteiger partial charge in [0.05, 0.1) is 19.2 Å². The topological polar surface area (TPSA) is 49.5 Å². The molecule has 0 fully saturated rings. The molecule has 0 aliphatic rings. The van der Waals surface area contributed by atoms with E-state index in [0.717, 1.165) is 9.35 Å². The van der Waals surface area contributed by atoms with Gasteiger partial charge in [0.2, 0.25) is 0 Å². The van der Waals surface area contributed by atoms with Crippen molar-refractivity contribution in [1.82, 2.24) is 4.90 Å². The normalized spacial score (nSPS) is 15.8. The van der Waals surface area contributed by atoms with Crippen molar-refractivity contribution >= 4 is 27.3 Å². The second-order valence-electron chi connectivity index (χ2n) is 4.28. The van der Waals surface area contributed by atoms with Crippen molar-refractivity contribution in [3.8, 4) is 0 Å². The molecule has 8 heteroatoms. The van der Waals surface area contributed by atoms with Gasteiger partial charge in [0, 0.05) is 27.3 Å². The highest BCUT2D eigenvalue weighted by Crippen LogP contribution is 2.33. The van der Waals surface area contributed by atoms with Gasteiger partial charge in [0.25, 0.3) is 0 Å². The molecule has 0 bridgehead atoms. The predicted molar refractivity (Wildman–Crippen MR) is 73.1 cm³/mol. The average Bonchev–Trinajstić information content (AvgIpc) is 2.62. The Morgan fingerprint density at radius 3 is 2.53 bits per heavy atom. The van der Waals surface area contributed by atoms with Crippen LogP contribution in [-0.2, 0) is 0 Å². The van der Waals surface area contributed by atoms with Gasteiger partial charge in [-0.15, -0.1) is 11.3 Å². The largest absolute Gasteiger partial charge is 0.401 e. The van der Waals surface area contributed by atoms with Crippen LogP contribution in [0.25, 0.3) is 0 Å². The molecule has 0 saturated carbocycles. The first-order valence-electron chi connectivity index (χ1n) is 5.65. The molecule has 1 aromatic rings. The molecule has 1 aromatic heterocycles. The summed E-state index contributed by atoms with van der Waals surface area (Å²) >= 11 is 4.63. The van der Waals surface area contributed by atoms with E-state index in [2.05, 4.69) is 15.9 Å². The van der Waals surface area contributed by atoms with Crippen LogP contribution in [0.2, 0.25) is 0 Å². The molecule has 2 unspecified atom stereocenters. The van der Waals surface area contributed by atoms with Gasteiger partial charge in [-0.05, 0) is 28.9 Å². The van der Waals surface area contributed by atoms with Gasteiger partial charge in [-0.1, -0.05) is 0 Å². The van der Waals surface area contributed by atoms with E-state index in [-0.39, 0.29) is 13.2 Å². The fraction of sp³-hybridized carbons (Fsp3) is 0.636. The third-order valence-corrected chi connectivity index (χ3v) is 4.30. The molecule has 2 atom stereocenters. The van der Waals surface area contributed by atoms with Crippen molar-refractivity contribution in [2.75, 3.05) is 19.7 Å². The van der Waals surface area contributed by atoms with Crippen LogP contribution in [0.4, 0.5) is 13.2 Å². The molecule has 110 valence electrons. The maximum atomic E-state index is 12.6. The first-order chi connectivity index (χ1) is 8.74. The average molecular weight is 361 g/mol. The Kier molecular flexibility index (Phi) is 6.25.